The molecule has 1 atom stereocenters. The highest BCUT2D eigenvalue weighted by Crippen LogP contribution is 2.38. The third kappa shape index (κ3) is 4.75. The molecule has 1 aromatic carbocycles. The van der Waals surface area contributed by atoms with Crippen LogP contribution in [0, 0.1) is 0 Å². The Balaban J connectivity index is 1.95. The first-order chi connectivity index (χ1) is 11.6. The van der Waals surface area contributed by atoms with Crippen LogP contribution in [-0.4, -0.2) is 71.5 Å². The Labute approximate surface area is 142 Å². The number of nitrogens with zero attached hydrogens (tertiary/aromatic N) is 1. The van der Waals surface area contributed by atoms with Gasteiger partial charge >= 0.3 is 0 Å². The van der Waals surface area contributed by atoms with E-state index in [0.717, 1.165) is 18.7 Å². The number of carbonyl (C=O) groups excluding carboxylic acids is 1. The number of ether oxygens (including phenoxy) is 4. The fourth-order valence-electron chi connectivity index (χ4n) is 2.70. The normalized spacial score (nSPS) is 18.1. The standard InChI is InChI=1S/C17H26N2O5/c1-19-5-6-24-13(11-19)10-18-16(20)9-12-7-14(21-2)17(23-4)15(8-12)22-3/h7-8,13H,5-6,9-11H2,1-4H3,(H,18,20)/t13-/m0/s1. The van der Waals surface area contributed by atoms with Gasteiger partial charge in [-0.3, -0.25) is 4.79 Å². The molecule has 7 heteroatoms. The minimum Gasteiger partial charge on any atom is -0.493 e. The highest BCUT2D eigenvalue weighted by molar-refractivity contribution is 5.79. The van der Waals surface area contributed by atoms with Crippen LogP contribution in [-0.2, 0) is 16.0 Å². The minimum absolute atomic E-state index is 0.0349. The molecule has 1 amide bonds. The lowest BCUT2D eigenvalue weighted by Gasteiger charge is -2.30. The van der Waals surface area contributed by atoms with Crippen LogP contribution in [0.25, 0.3) is 0 Å². The molecule has 0 spiro atoms. The van der Waals surface area contributed by atoms with Crippen LogP contribution < -0.4 is 19.5 Å². The Morgan fingerprint density at radius 2 is 1.92 bits per heavy atom. The van der Waals surface area contributed by atoms with Crippen LogP contribution in [0.15, 0.2) is 12.1 Å². The van der Waals surface area contributed by atoms with Gasteiger partial charge in [0.05, 0.1) is 40.5 Å². The topological polar surface area (TPSA) is 69.3 Å². The summed E-state index contributed by atoms with van der Waals surface area (Å²) in [4.78, 5) is 14.4. The fourth-order valence-corrected chi connectivity index (χ4v) is 2.70. The van der Waals surface area contributed by atoms with Gasteiger partial charge in [-0.15, -0.1) is 0 Å². The lowest BCUT2D eigenvalue weighted by Crippen LogP contribution is -2.46. The first-order valence-electron chi connectivity index (χ1n) is 7.93. The van der Waals surface area contributed by atoms with Crippen molar-refractivity contribution in [1.29, 1.82) is 0 Å². The average Bonchev–Trinajstić information content (AvgIpc) is 2.59. The van der Waals surface area contributed by atoms with Gasteiger partial charge in [-0.1, -0.05) is 0 Å². The summed E-state index contributed by atoms with van der Waals surface area (Å²) in [5, 5.41) is 2.92. The average molecular weight is 338 g/mol. The van der Waals surface area contributed by atoms with Crippen molar-refractivity contribution in [3.63, 3.8) is 0 Å². The van der Waals surface area contributed by atoms with Gasteiger partial charge in [0.15, 0.2) is 11.5 Å². The van der Waals surface area contributed by atoms with Crippen LogP contribution in [0.5, 0.6) is 17.2 Å². The molecule has 1 heterocycles. The summed E-state index contributed by atoms with van der Waals surface area (Å²) in [7, 11) is 6.71. The SMILES string of the molecule is COc1cc(CC(=O)NC[C@H]2CN(C)CCO2)cc(OC)c1OC. The van der Waals surface area contributed by atoms with Gasteiger partial charge in [-0.05, 0) is 24.7 Å². The van der Waals surface area contributed by atoms with Gasteiger partial charge in [-0.2, -0.15) is 0 Å². The molecule has 0 aliphatic carbocycles. The van der Waals surface area contributed by atoms with E-state index in [-0.39, 0.29) is 18.4 Å². The van der Waals surface area contributed by atoms with Crippen molar-refractivity contribution in [2.24, 2.45) is 0 Å². The van der Waals surface area contributed by atoms with Gasteiger partial charge in [0.25, 0.3) is 0 Å². The molecule has 1 aliphatic heterocycles. The number of carbonyl (C=O) groups is 1. The van der Waals surface area contributed by atoms with E-state index in [1.807, 2.05) is 7.05 Å². The summed E-state index contributed by atoms with van der Waals surface area (Å²) >= 11 is 0. The molecular weight excluding hydrogens is 312 g/mol. The van der Waals surface area contributed by atoms with Crippen LogP contribution in [0.2, 0.25) is 0 Å². The highest BCUT2D eigenvalue weighted by atomic mass is 16.5. The Kier molecular flexibility index (Phi) is 6.69. The van der Waals surface area contributed by atoms with Crippen molar-refractivity contribution in [3.05, 3.63) is 17.7 Å². The summed E-state index contributed by atoms with van der Waals surface area (Å²) < 4.78 is 21.5. The minimum atomic E-state index is -0.0684. The molecule has 2 rings (SSSR count). The van der Waals surface area contributed by atoms with Crippen molar-refractivity contribution >= 4 is 5.91 Å². The molecule has 1 N–H and O–H groups in total. The quantitative estimate of drug-likeness (QED) is 0.789. The summed E-state index contributed by atoms with van der Waals surface area (Å²) in [5.74, 6) is 1.53. The zero-order valence-electron chi connectivity index (χ0n) is 14.8. The molecule has 24 heavy (non-hydrogen) atoms. The lowest BCUT2D eigenvalue weighted by atomic mass is 10.1. The van der Waals surface area contributed by atoms with Gasteiger partial charge < -0.3 is 29.2 Å². The number of likely N-dealkylation sites (N-methyl/N-ethyl adjacent to an activating group) is 1. The molecular formula is C17H26N2O5. The van der Waals surface area contributed by atoms with E-state index in [1.54, 1.807) is 33.5 Å². The maximum Gasteiger partial charge on any atom is 0.224 e. The summed E-state index contributed by atoms with van der Waals surface area (Å²) in [6, 6.07) is 3.57. The van der Waals surface area contributed by atoms with E-state index in [1.165, 1.54) is 0 Å². The van der Waals surface area contributed by atoms with E-state index in [2.05, 4.69) is 10.2 Å². The van der Waals surface area contributed by atoms with Gasteiger partial charge in [0.2, 0.25) is 11.7 Å². The second-order valence-corrected chi connectivity index (χ2v) is 5.77. The van der Waals surface area contributed by atoms with E-state index >= 15 is 0 Å². The molecule has 1 aliphatic rings. The number of hydrogen-bond donors (Lipinski definition) is 1. The Bertz CT molecular complexity index is 539. The van der Waals surface area contributed by atoms with Crippen LogP contribution in [0.4, 0.5) is 0 Å². The number of nitrogens with one attached hydrogen (secondary N) is 1. The van der Waals surface area contributed by atoms with Crippen LogP contribution in [0.1, 0.15) is 5.56 Å². The predicted octanol–water partition coefficient (Wildman–Crippen LogP) is 0.702. The third-order valence-electron chi connectivity index (χ3n) is 3.96. The fraction of sp³-hybridized carbons (Fsp3) is 0.588. The number of methoxy groups -OCH3 is 3. The molecule has 0 saturated carbocycles. The third-order valence-corrected chi connectivity index (χ3v) is 3.96. The number of amides is 1. The number of benzene rings is 1. The second kappa shape index (κ2) is 8.75. The zero-order valence-corrected chi connectivity index (χ0v) is 14.8. The van der Waals surface area contributed by atoms with E-state index in [0.29, 0.717) is 30.4 Å². The molecule has 0 unspecified atom stereocenters. The lowest BCUT2D eigenvalue weighted by molar-refractivity contribution is -0.121. The summed E-state index contributed by atoms with van der Waals surface area (Å²) in [5.41, 5.74) is 0.795. The number of morpholine rings is 1. The van der Waals surface area contributed by atoms with Crippen LogP contribution in [0.3, 0.4) is 0 Å². The summed E-state index contributed by atoms with van der Waals surface area (Å²) in [6.45, 7) is 2.96. The Morgan fingerprint density at radius 1 is 1.25 bits per heavy atom. The number of hydrogen-bond acceptors (Lipinski definition) is 6. The largest absolute Gasteiger partial charge is 0.493 e. The van der Waals surface area contributed by atoms with Gasteiger partial charge in [0.1, 0.15) is 0 Å². The smallest absolute Gasteiger partial charge is 0.224 e. The van der Waals surface area contributed by atoms with Crippen molar-refractivity contribution in [2.75, 3.05) is 54.6 Å². The summed E-state index contributed by atoms with van der Waals surface area (Å²) in [6.07, 6.45) is 0.270. The number of rotatable bonds is 7. The molecule has 1 aromatic rings. The molecule has 7 nitrogen and oxygen atoms in total. The molecule has 1 fully saturated rings. The Hall–Kier alpha value is -1.99. The van der Waals surface area contributed by atoms with Crippen LogP contribution >= 0.6 is 0 Å². The van der Waals surface area contributed by atoms with Crippen molar-refractivity contribution < 1.29 is 23.7 Å². The molecule has 0 bridgehead atoms. The van der Waals surface area contributed by atoms with E-state index in [4.69, 9.17) is 18.9 Å². The van der Waals surface area contributed by atoms with Gasteiger partial charge in [-0.25, -0.2) is 0 Å². The molecule has 1 saturated heterocycles. The molecule has 0 radical (unpaired) electrons. The van der Waals surface area contributed by atoms with Crippen molar-refractivity contribution in [2.45, 2.75) is 12.5 Å². The zero-order chi connectivity index (χ0) is 17.5. The van der Waals surface area contributed by atoms with Crippen molar-refractivity contribution in [1.82, 2.24) is 10.2 Å². The molecule has 134 valence electrons. The van der Waals surface area contributed by atoms with E-state index in [9.17, 15) is 4.79 Å². The predicted molar refractivity (Wildman–Crippen MR) is 90.0 cm³/mol. The van der Waals surface area contributed by atoms with Crippen molar-refractivity contribution in [3.8, 4) is 17.2 Å². The van der Waals surface area contributed by atoms with E-state index < -0.39 is 0 Å². The van der Waals surface area contributed by atoms with Gasteiger partial charge in [0, 0.05) is 19.6 Å². The Morgan fingerprint density at radius 3 is 2.46 bits per heavy atom. The maximum absolute atomic E-state index is 12.2. The first-order valence-corrected chi connectivity index (χ1v) is 7.93. The second-order valence-electron chi connectivity index (χ2n) is 5.77. The monoisotopic (exact) mass is 338 g/mol. The highest BCUT2D eigenvalue weighted by Gasteiger charge is 2.19. The maximum atomic E-state index is 12.2. The first kappa shape index (κ1) is 18.4. The molecule has 0 aromatic heterocycles.